The van der Waals surface area contributed by atoms with Crippen molar-refractivity contribution in [1.82, 2.24) is 0 Å². The van der Waals surface area contributed by atoms with E-state index in [4.69, 9.17) is 0 Å². The van der Waals surface area contributed by atoms with Gasteiger partial charge in [0.1, 0.15) is 11.5 Å². The molecule has 6 heteroatoms. The highest BCUT2D eigenvalue weighted by Gasteiger charge is 2.19. The molecule has 2 N–H and O–H groups in total. The van der Waals surface area contributed by atoms with Crippen LogP contribution in [-0.4, -0.2) is 18.6 Å². The molecule has 0 aromatic heterocycles. The van der Waals surface area contributed by atoms with Crippen LogP contribution in [0.1, 0.15) is 11.1 Å². The number of hydrogen-bond donors (Lipinski definition) is 2. The number of aromatic hydroxyl groups is 2. The third kappa shape index (κ3) is 2.91. The van der Waals surface area contributed by atoms with Gasteiger partial charge in [0.25, 0.3) is 0 Å². The maximum atomic E-state index is 12.4. The zero-order valence-corrected chi connectivity index (χ0v) is 12.9. The summed E-state index contributed by atoms with van der Waals surface area (Å²) < 4.78 is 24.8. The molecule has 2 aromatic rings. The molecule has 0 bridgehead atoms. The largest absolute Gasteiger partial charge is 0.508 e. The number of sulfone groups is 1. The molecule has 0 radical (unpaired) electrons. The van der Waals surface area contributed by atoms with E-state index in [0.29, 0.717) is 11.1 Å². The lowest BCUT2D eigenvalue weighted by Crippen LogP contribution is -2.02. The molecule has 0 saturated carbocycles. The van der Waals surface area contributed by atoms with Crippen LogP contribution in [0.25, 0.3) is 0 Å². The van der Waals surface area contributed by atoms with Crippen LogP contribution in [0.15, 0.2) is 46.2 Å². The molecule has 0 atom stereocenters. The van der Waals surface area contributed by atoms with E-state index in [1.165, 1.54) is 36.4 Å². The summed E-state index contributed by atoms with van der Waals surface area (Å²) in [7, 11) is -3.64. The quantitative estimate of drug-likeness (QED) is 0.894. The second-order valence-electron chi connectivity index (χ2n) is 4.40. The average molecular weight is 312 g/mol. The first-order chi connectivity index (χ1) is 8.82. The van der Waals surface area contributed by atoms with Gasteiger partial charge in [-0.1, -0.05) is 0 Å². The topological polar surface area (TPSA) is 74.6 Å². The Morgan fingerprint density at radius 3 is 1.45 bits per heavy atom. The molecule has 108 valence electrons. The van der Waals surface area contributed by atoms with E-state index < -0.39 is 9.84 Å². The minimum Gasteiger partial charge on any atom is -0.508 e. The van der Waals surface area contributed by atoms with E-state index in [-0.39, 0.29) is 34.8 Å². The predicted molar refractivity (Wildman–Crippen MR) is 81.5 cm³/mol. The molecule has 2 aromatic carbocycles. The van der Waals surface area contributed by atoms with E-state index in [1.807, 2.05) is 0 Å². The normalized spacial score (nSPS) is 10.9. The fourth-order valence-corrected chi connectivity index (χ4v) is 3.16. The zero-order valence-electron chi connectivity index (χ0n) is 11.1. The molecule has 0 aliphatic heterocycles. The third-order valence-electron chi connectivity index (χ3n) is 2.96. The molecule has 0 heterocycles. The summed E-state index contributed by atoms with van der Waals surface area (Å²) in [4.78, 5) is 0.237. The van der Waals surface area contributed by atoms with Crippen molar-refractivity contribution in [2.45, 2.75) is 23.6 Å². The van der Waals surface area contributed by atoms with Crippen molar-refractivity contribution < 1.29 is 18.6 Å². The van der Waals surface area contributed by atoms with Crippen molar-refractivity contribution in [3.63, 3.8) is 0 Å². The van der Waals surface area contributed by atoms with E-state index in [2.05, 4.69) is 0 Å². The number of benzene rings is 2. The van der Waals surface area contributed by atoms with Crippen molar-refractivity contribution in [2.75, 3.05) is 0 Å². The Morgan fingerprint density at radius 2 is 1.15 bits per heavy atom. The zero-order chi connectivity index (χ0) is 14.2. The van der Waals surface area contributed by atoms with Crippen LogP contribution in [0.3, 0.4) is 0 Å². The molecular formula is C14H16O4S2. The molecule has 0 unspecified atom stereocenters. The molecule has 0 aliphatic carbocycles. The van der Waals surface area contributed by atoms with Gasteiger partial charge in [0, 0.05) is 0 Å². The van der Waals surface area contributed by atoms with Crippen LogP contribution in [-0.2, 0) is 9.84 Å². The first kappa shape index (κ1) is 16.4. The molecule has 0 amide bonds. The van der Waals surface area contributed by atoms with E-state index in [0.717, 1.165) is 0 Å². The van der Waals surface area contributed by atoms with Crippen molar-refractivity contribution in [1.29, 1.82) is 0 Å². The highest BCUT2D eigenvalue weighted by Crippen LogP contribution is 2.28. The molecule has 0 fully saturated rings. The minimum atomic E-state index is -3.64. The SMILES string of the molecule is Cc1cc(S(=O)(=O)c2ccc(O)c(C)c2)ccc1O.S. The lowest BCUT2D eigenvalue weighted by atomic mass is 10.2. The number of rotatable bonds is 2. The summed E-state index contributed by atoms with van der Waals surface area (Å²) in [5.74, 6) is 0.113. The van der Waals surface area contributed by atoms with Crippen LogP contribution in [0.4, 0.5) is 0 Å². The summed E-state index contributed by atoms with van der Waals surface area (Å²) in [6.45, 7) is 3.27. The fourth-order valence-electron chi connectivity index (χ4n) is 1.73. The lowest BCUT2D eigenvalue weighted by molar-refractivity contribution is 0.470. The molecule has 0 saturated heterocycles. The Bertz CT molecular complexity index is 679. The standard InChI is InChI=1S/C14H14O4S.H2S/c1-9-7-11(3-5-13(9)15)19(17,18)12-4-6-14(16)10(2)8-12;/h3-8,15-16H,1-2H3;1H2. The van der Waals surface area contributed by atoms with Gasteiger partial charge in [-0.05, 0) is 61.4 Å². The highest BCUT2D eigenvalue weighted by atomic mass is 32.2. The Hall–Kier alpha value is -1.66. The van der Waals surface area contributed by atoms with Crippen LogP contribution in [0.2, 0.25) is 0 Å². The van der Waals surface area contributed by atoms with Gasteiger partial charge in [-0.2, -0.15) is 13.5 Å². The second kappa shape index (κ2) is 5.76. The molecule has 4 nitrogen and oxygen atoms in total. The predicted octanol–water partition coefficient (Wildman–Crippen LogP) is 2.66. The van der Waals surface area contributed by atoms with Crippen molar-refractivity contribution in [2.24, 2.45) is 0 Å². The highest BCUT2D eigenvalue weighted by molar-refractivity contribution is 7.91. The van der Waals surface area contributed by atoms with Crippen LogP contribution < -0.4 is 0 Å². The van der Waals surface area contributed by atoms with Crippen LogP contribution in [0.5, 0.6) is 11.5 Å². The molecule has 2 rings (SSSR count). The van der Waals surface area contributed by atoms with Crippen LogP contribution in [0, 0.1) is 13.8 Å². The van der Waals surface area contributed by atoms with Crippen molar-refractivity contribution in [3.05, 3.63) is 47.5 Å². The number of hydrogen-bond acceptors (Lipinski definition) is 4. The number of aryl methyl sites for hydroxylation is 2. The van der Waals surface area contributed by atoms with Gasteiger partial charge in [-0.25, -0.2) is 8.42 Å². The fraction of sp³-hybridized carbons (Fsp3) is 0.143. The Morgan fingerprint density at radius 1 is 0.800 bits per heavy atom. The summed E-state index contributed by atoms with van der Waals surface area (Å²) >= 11 is 0. The number of phenolic OH excluding ortho intramolecular Hbond substituents is 2. The van der Waals surface area contributed by atoms with E-state index >= 15 is 0 Å². The minimum absolute atomic E-state index is 0. The maximum absolute atomic E-state index is 12.4. The monoisotopic (exact) mass is 312 g/mol. The smallest absolute Gasteiger partial charge is 0.206 e. The van der Waals surface area contributed by atoms with Gasteiger partial charge in [0.05, 0.1) is 9.79 Å². The lowest BCUT2D eigenvalue weighted by Gasteiger charge is -2.08. The Kier molecular flexibility index (Phi) is 4.73. The molecule has 20 heavy (non-hydrogen) atoms. The van der Waals surface area contributed by atoms with Gasteiger partial charge in [-0.3, -0.25) is 0 Å². The average Bonchev–Trinajstić information content (AvgIpc) is 2.35. The first-order valence-electron chi connectivity index (χ1n) is 5.66. The Balaban J connectivity index is 0.00000200. The summed E-state index contributed by atoms with van der Waals surface area (Å²) in [5, 5.41) is 18.9. The van der Waals surface area contributed by atoms with Gasteiger partial charge in [0.15, 0.2) is 0 Å². The van der Waals surface area contributed by atoms with Crippen molar-refractivity contribution >= 4 is 23.3 Å². The summed E-state index contributed by atoms with van der Waals surface area (Å²) in [5.41, 5.74) is 0.994. The molecular weight excluding hydrogens is 296 g/mol. The van der Waals surface area contributed by atoms with Crippen molar-refractivity contribution in [3.8, 4) is 11.5 Å². The number of phenols is 2. The van der Waals surface area contributed by atoms with Gasteiger partial charge in [0.2, 0.25) is 9.84 Å². The van der Waals surface area contributed by atoms with Gasteiger partial charge >= 0.3 is 0 Å². The van der Waals surface area contributed by atoms with Gasteiger partial charge in [-0.15, -0.1) is 0 Å². The van der Waals surface area contributed by atoms with Crippen LogP contribution >= 0.6 is 13.5 Å². The van der Waals surface area contributed by atoms with Gasteiger partial charge < -0.3 is 10.2 Å². The Labute approximate surface area is 125 Å². The summed E-state index contributed by atoms with van der Waals surface area (Å²) in [6.07, 6.45) is 0. The van der Waals surface area contributed by atoms with E-state index in [1.54, 1.807) is 13.8 Å². The maximum Gasteiger partial charge on any atom is 0.206 e. The third-order valence-corrected chi connectivity index (χ3v) is 4.71. The summed E-state index contributed by atoms with van der Waals surface area (Å²) in [6, 6.07) is 8.28. The first-order valence-corrected chi connectivity index (χ1v) is 7.15. The molecule has 0 aliphatic rings. The molecule has 0 spiro atoms. The van der Waals surface area contributed by atoms with E-state index in [9.17, 15) is 18.6 Å². The second-order valence-corrected chi connectivity index (χ2v) is 6.35.